The lowest BCUT2D eigenvalue weighted by Crippen LogP contribution is -1.95. The van der Waals surface area contributed by atoms with Crippen LogP contribution in [0.2, 0.25) is 0 Å². The van der Waals surface area contributed by atoms with Crippen LogP contribution in [0, 0.1) is 10.1 Å². The van der Waals surface area contributed by atoms with Gasteiger partial charge in [0.15, 0.2) is 0 Å². The smallest absolute Gasteiger partial charge is 0.303 e. The highest BCUT2D eigenvalue weighted by Crippen LogP contribution is 2.23. The minimum absolute atomic E-state index is 0.0475. The van der Waals surface area contributed by atoms with Crippen molar-refractivity contribution in [2.24, 2.45) is 0 Å². The summed E-state index contributed by atoms with van der Waals surface area (Å²) < 4.78 is 5.42. The largest absolute Gasteiger partial charge is 0.481 e. The first-order chi connectivity index (χ1) is 10.1. The molecule has 1 aromatic heterocycles. The van der Waals surface area contributed by atoms with Gasteiger partial charge in [0.25, 0.3) is 5.69 Å². The summed E-state index contributed by atoms with van der Waals surface area (Å²) in [6.45, 7) is 0. The maximum atomic E-state index is 10.7. The Morgan fingerprint density at radius 3 is 2.86 bits per heavy atom. The number of carboxylic acids is 1. The summed E-state index contributed by atoms with van der Waals surface area (Å²) in [5.41, 5.74) is 0.433. The first-order valence-electron chi connectivity index (χ1n) is 6.35. The van der Waals surface area contributed by atoms with Gasteiger partial charge in [0, 0.05) is 30.5 Å². The Hall–Kier alpha value is -2.77. The third-order valence-corrected chi connectivity index (χ3v) is 2.80. The maximum Gasteiger partial charge on any atom is 0.303 e. The number of carbonyl (C=O) groups is 1. The number of aromatic nitrogens is 2. The SMILES string of the molecule is O=C(O)CCCCc1nnc(-c2cccc([N+](=O)[O-])c2)o1. The van der Waals surface area contributed by atoms with E-state index < -0.39 is 10.9 Å². The highest BCUT2D eigenvalue weighted by Gasteiger charge is 2.12. The number of nitro benzene ring substituents is 1. The summed E-state index contributed by atoms with van der Waals surface area (Å²) in [4.78, 5) is 20.6. The third kappa shape index (κ3) is 4.10. The van der Waals surface area contributed by atoms with Gasteiger partial charge >= 0.3 is 5.97 Å². The molecule has 0 saturated heterocycles. The van der Waals surface area contributed by atoms with Gasteiger partial charge in [-0.25, -0.2) is 0 Å². The molecule has 0 atom stereocenters. The highest BCUT2D eigenvalue weighted by atomic mass is 16.6. The predicted octanol–water partition coefficient (Wildman–Crippen LogP) is 2.44. The molecule has 2 rings (SSSR count). The Balaban J connectivity index is 2.01. The summed E-state index contributed by atoms with van der Waals surface area (Å²) in [7, 11) is 0. The second-order valence-electron chi connectivity index (χ2n) is 4.41. The van der Waals surface area contributed by atoms with Crippen LogP contribution in [0.25, 0.3) is 11.5 Å². The molecule has 0 spiro atoms. The second-order valence-corrected chi connectivity index (χ2v) is 4.41. The van der Waals surface area contributed by atoms with Gasteiger partial charge in [0.05, 0.1) is 4.92 Å². The van der Waals surface area contributed by atoms with Crippen molar-refractivity contribution in [1.29, 1.82) is 0 Å². The van der Waals surface area contributed by atoms with Crippen LogP contribution in [0.4, 0.5) is 5.69 Å². The standard InChI is InChI=1S/C13H13N3O5/c17-12(18)7-2-1-6-11-14-15-13(21-11)9-4-3-5-10(8-9)16(19)20/h3-5,8H,1-2,6-7H2,(H,17,18). The maximum absolute atomic E-state index is 10.7. The number of aryl methyl sites for hydroxylation is 1. The third-order valence-electron chi connectivity index (χ3n) is 2.80. The van der Waals surface area contributed by atoms with Crippen molar-refractivity contribution in [2.45, 2.75) is 25.7 Å². The van der Waals surface area contributed by atoms with Gasteiger partial charge in [-0.3, -0.25) is 14.9 Å². The first-order valence-corrected chi connectivity index (χ1v) is 6.35. The normalized spacial score (nSPS) is 10.5. The summed E-state index contributed by atoms with van der Waals surface area (Å²) >= 11 is 0. The summed E-state index contributed by atoms with van der Waals surface area (Å²) in [5.74, 6) is -0.230. The Morgan fingerprint density at radius 1 is 1.33 bits per heavy atom. The molecule has 0 aliphatic carbocycles. The number of carboxylic acid groups (broad SMARTS) is 1. The van der Waals surface area contributed by atoms with E-state index in [0.717, 1.165) is 0 Å². The minimum atomic E-state index is -0.835. The Bertz CT molecular complexity index is 653. The van der Waals surface area contributed by atoms with Crippen LogP contribution in [0.3, 0.4) is 0 Å². The molecule has 110 valence electrons. The Labute approximate surface area is 119 Å². The fourth-order valence-electron chi connectivity index (χ4n) is 1.78. The summed E-state index contributed by atoms with van der Waals surface area (Å²) in [6.07, 6.45) is 1.74. The molecule has 8 nitrogen and oxygen atoms in total. The van der Waals surface area contributed by atoms with E-state index >= 15 is 0 Å². The van der Waals surface area contributed by atoms with Gasteiger partial charge in [-0.05, 0) is 18.9 Å². The van der Waals surface area contributed by atoms with Crippen molar-refractivity contribution in [1.82, 2.24) is 10.2 Å². The van der Waals surface area contributed by atoms with Gasteiger partial charge in [0.1, 0.15) is 0 Å². The fourth-order valence-corrected chi connectivity index (χ4v) is 1.78. The number of nitro groups is 1. The number of benzene rings is 1. The van der Waals surface area contributed by atoms with E-state index in [2.05, 4.69) is 10.2 Å². The molecule has 2 aromatic rings. The fraction of sp³-hybridized carbons (Fsp3) is 0.308. The van der Waals surface area contributed by atoms with Crippen molar-refractivity contribution in [3.05, 3.63) is 40.3 Å². The molecule has 1 N–H and O–H groups in total. The lowest BCUT2D eigenvalue weighted by atomic mass is 10.2. The van der Waals surface area contributed by atoms with E-state index in [1.807, 2.05) is 0 Å². The molecule has 0 aliphatic rings. The van der Waals surface area contributed by atoms with E-state index in [1.54, 1.807) is 12.1 Å². The van der Waals surface area contributed by atoms with Crippen LogP contribution in [0.15, 0.2) is 28.7 Å². The second kappa shape index (κ2) is 6.60. The summed E-state index contributed by atoms with van der Waals surface area (Å²) in [5, 5.41) is 26.9. The van der Waals surface area contributed by atoms with Gasteiger partial charge < -0.3 is 9.52 Å². The van der Waals surface area contributed by atoms with Crippen LogP contribution in [0.5, 0.6) is 0 Å². The van der Waals surface area contributed by atoms with Crippen LogP contribution >= 0.6 is 0 Å². The van der Waals surface area contributed by atoms with Crippen molar-refractivity contribution >= 4 is 11.7 Å². The highest BCUT2D eigenvalue weighted by molar-refractivity contribution is 5.66. The summed E-state index contributed by atoms with van der Waals surface area (Å²) in [6, 6.07) is 5.94. The molecular weight excluding hydrogens is 278 g/mol. The molecule has 0 bridgehead atoms. The molecule has 0 aliphatic heterocycles. The number of non-ortho nitro benzene ring substituents is 1. The molecule has 8 heteroatoms. The Morgan fingerprint density at radius 2 is 2.14 bits per heavy atom. The zero-order valence-corrected chi connectivity index (χ0v) is 11.1. The zero-order valence-electron chi connectivity index (χ0n) is 11.1. The van der Waals surface area contributed by atoms with Gasteiger partial charge in [-0.15, -0.1) is 10.2 Å². The molecule has 0 unspecified atom stereocenters. The molecule has 0 radical (unpaired) electrons. The minimum Gasteiger partial charge on any atom is -0.481 e. The lowest BCUT2D eigenvalue weighted by Gasteiger charge is -1.96. The molecule has 21 heavy (non-hydrogen) atoms. The van der Waals surface area contributed by atoms with Crippen LogP contribution in [-0.4, -0.2) is 26.2 Å². The topological polar surface area (TPSA) is 119 Å². The average molecular weight is 291 g/mol. The molecule has 1 heterocycles. The molecule has 0 amide bonds. The monoisotopic (exact) mass is 291 g/mol. The zero-order chi connectivity index (χ0) is 15.2. The first kappa shape index (κ1) is 14.6. The van der Waals surface area contributed by atoms with E-state index in [4.69, 9.17) is 9.52 Å². The number of unbranched alkanes of at least 4 members (excludes halogenated alkanes) is 1. The molecule has 1 aromatic carbocycles. The van der Waals surface area contributed by atoms with E-state index in [9.17, 15) is 14.9 Å². The van der Waals surface area contributed by atoms with Crippen LogP contribution < -0.4 is 0 Å². The Kier molecular flexibility index (Phi) is 4.60. The number of hydrogen-bond acceptors (Lipinski definition) is 6. The van der Waals surface area contributed by atoms with Gasteiger partial charge in [-0.2, -0.15) is 0 Å². The number of hydrogen-bond donors (Lipinski definition) is 1. The average Bonchev–Trinajstić information content (AvgIpc) is 2.92. The molecule has 0 saturated carbocycles. The quantitative estimate of drug-likeness (QED) is 0.472. The van der Waals surface area contributed by atoms with Crippen molar-refractivity contribution in [3.63, 3.8) is 0 Å². The number of rotatable bonds is 7. The van der Waals surface area contributed by atoms with Crippen LogP contribution in [-0.2, 0) is 11.2 Å². The predicted molar refractivity (Wildman–Crippen MR) is 71.6 cm³/mol. The molecule has 0 fully saturated rings. The van der Waals surface area contributed by atoms with E-state index in [-0.39, 0.29) is 18.0 Å². The number of nitrogens with zero attached hydrogens (tertiary/aromatic N) is 3. The molecular formula is C13H13N3O5. The van der Waals surface area contributed by atoms with Crippen molar-refractivity contribution in [2.75, 3.05) is 0 Å². The van der Waals surface area contributed by atoms with Crippen molar-refractivity contribution in [3.8, 4) is 11.5 Å². The van der Waals surface area contributed by atoms with Gasteiger partial charge in [0.2, 0.25) is 11.8 Å². The lowest BCUT2D eigenvalue weighted by molar-refractivity contribution is -0.384. The van der Waals surface area contributed by atoms with E-state index in [1.165, 1.54) is 12.1 Å². The van der Waals surface area contributed by atoms with Crippen LogP contribution in [0.1, 0.15) is 25.2 Å². The number of aliphatic carboxylic acids is 1. The van der Waals surface area contributed by atoms with Crippen molar-refractivity contribution < 1.29 is 19.2 Å². The van der Waals surface area contributed by atoms with E-state index in [0.29, 0.717) is 30.7 Å². The van der Waals surface area contributed by atoms with Gasteiger partial charge in [-0.1, -0.05) is 6.07 Å².